The van der Waals surface area contributed by atoms with Gasteiger partial charge in [0.2, 0.25) is 0 Å². The van der Waals surface area contributed by atoms with Crippen molar-refractivity contribution in [3.8, 4) is 0 Å². The molecule has 3 aliphatic rings. The summed E-state index contributed by atoms with van der Waals surface area (Å²) in [6.45, 7) is 0. The number of benzene rings is 2. The van der Waals surface area contributed by atoms with Crippen LogP contribution in [0.1, 0.15) is 63.8 Å². The summed E-state index contributed by atoms with van der Waals surface area (Å²) in [5.41, 5.74) is -1.37. The minimum absolute atomic E-state index is 0.0108. The van der Waals surface area contributed by atoms with Gasteiger partial charge in [0.05, 0.1) is 22.7 Å². The van der Waals surface area contributed by atoms with Crippen LogP contribution in [0.25, 0.3) is 0 Å². The first kappa shape index (κ1) is 21.2. The lowest BCUT2D eigenvalue weighted by Gasteiger charge is -2.44. The molecule has 1 heterocycles. The highest BCUT2D eigenvalue weighted by Crippen LogP contribution is 2.64. The first-order valence-corrected chi connectivity index (χ1v) is 10.4. The van der Waals surface area contributed by atoms with Crippen LogP contribution in [0.3, 0.4) is 0 Å². The Morgan fingerprint density at radius 1 is 0.906 bits per heavy atom. The first-order valence-electron chi connectivity index (χ1n) is 10.4. The summed E-state index contributed by atoms with van der Waals surface area (Å²) in [4.78, 5) is 11.4. The van der Waals surface area contributed by atoms with Gasteiger partial charge in [0.1, 0.15) is 0 Å². The van der Waals surface area contributed by atoms with Crippen LogP contribution >= 0.6 is 0 Å². The number of carboxylic acid groups (broad SMARTS) is 1. The van der Waals surface area contributed by atoms with Crippen molar-refractivity contribution in [3.63, 3.8) is 0 Å². The predicted octanol–water partition coefficient (Wildman–Crippen LogP) is 6.72. The van der Waals surface area contributed by atoms with Crippen LogP contribution in [0.5, 0.6) is 0 Å². The first-order chi connectivity index (χ1) is 14.9. The van der Waals surface area contributed by atoms with Gasteiger partial charge in [0.15, 0.2) is 0 Å². The Hall–Kier alpha value is -2.71. The van der Waals surface area contributed by atoms with E-state index < -0.39 is 35.5 Å². The molecule has 2 N–H and O–H groups in total. The van der Waals surface area contributed by atoms with Crippen molar-refractivity contribution in [2.24, 2.45) is 17.8 Å². The highest BCUT2D eigenvalue weighted by Gasteiger charge is 2.54. The lowest BCUT2D eigenvalue weighted by molar-refractivity contribution is -0.143. The second-order valence-electron chi connectivity index (χ2n) is 9.00. The number of nitrogens with one attached hydrogen (secondary N) is 1. The summed E-state index contributed by atoms with van der Waals surface area (Å²) in [5, 5.41) is 12.5. The average Bonchev–Trinajstić information content (AvgIpc) is 3.33. The van der Waals surface area contributed by atoms with Crippen LogP contribution in [-0.2, 0) is 12.4 Å². The predicted molar refractivity (Wildman–Crippen MR) is 103 cm³/mol. The number of rotatable bonds is 2. The van der Waals surface area contributed by atoms with Gasteiger partial charge in [-0.1, -0.05) is 6.07 Å². The van der Waals surface area contributed by atoms with E-state index in [2.05, 4.69) is 5.32 Å². The van der Waals surface area contributed by atoms with Crippen LogP contribution in [0.4, 0.5) is 32.0 Å². The normalized spacial score (nSPS) is 28.8. The Labute approximate surface area is 179 Å². The lowest BCUT2D eigenvalue weighted by Crippen LogP contribution is -2.36. The van der Waals surface area contributed by atoms with Crippen molar-refractivity contribution >= 4 is 11.7 Å². The van der Waals surface area contributed by atoms with Crippen LogP contribution in [0, 0.1) is 17.8 Å². The lowest BCUT2D eigenvalue weighted by atomic mass is 9.67. The molecule has 3 nitrogen and oxygen atoms in total. The molecular weight excluding hydrogens is 436 g/mol. The third kappa shape index (κ3) is 3.33. The molecular formula is C23H19F6NO2. The van der Waals surface area contributed by atoms with Crippen molar-refractivity contribution in [1.29, 1.82) is 0 Å². The maximum atomic E-state index is 13.4. The Morgan fingerprint density at radius 3 is 2.12 bits per heavy atom. The van der Waals surface area contributed by atoms with E-state index in [1.54, 1.807) is 6.07 Å². The van der Waals surface area contributed by atoms with E-state index in [-0.39, 0.29) is 40.9 Å². The molecule has 2 saturated carbocycles. The average molecular weight is 455 g/mol. The summed E-state index contributed by atoms with van der Waals surface area (Å²) in [6.07, 6.45) is -7.13. The quantitative estimate of drug-likeness (QED) is 0.495. The van der Waals surface area contributed by atoms with Crippen molar-refractivity contribution in [3.05, 3.63) is 64.2 Å². The van der Waals surface area contributed by atoms with Crippen LogP contribution in [-0.4, -0.2) is 11.1 Å². The molecule has 0 amide bonds. The zero-order valence-electron chi connectivity index (χ0n) is 16.6. The molecule has 2 bridgehead atoms. The number of alkyl halides is 6. The number of halogens is 6. The number of hydrogen-bond acceptors (Lipinski definition) is 2. The number of hydrogen-bond donors (Lipinski definition) is 2. The largest absolute Gasteiger partial charge is 0.478 e. The van der Waals surface area contributed by atoms with Gasteiger partial charge in [-0.25, -0.2) is 4.79 Å². The second-order valence-corrected chi connectivity index (χ2v) is 9.00. The van der Waals surface area contributed by atoms with Gasteiger partial charge in [-0.05, 0) is 84.4 Å². The van der Waals surface area contributed by atoms with Gasteiger partial charge in [0, 0.05) is 5.69 Å². The van der Waals surface area contributed by atoms with Crippen LogP contribution in [0.15, 0.2) is 36.4 Å². The minimum Gasteiger partial charge on any atom is -0.478 e. The summed E-state index contributed by atoms with van der Waals surface area (Å²) < 4.78 is 80.7. The highest BCUT2D eigenvalue weighted by atomic mass is 19.4. The second kappa shape index (κ2) is 6.89. The molecule has 2 aliphatic carbocycles. The van der Waals surface area contributed by atoms with E-state index in [0.717, 1.165) is 37.0 Å². The molecule has 2 fully saturated rings. The van der Waals surface area contributed by atoms with E-state index in [1.165, 1.54) is 12.1 Å². The van der Waals surface area contributed by atoms with E-state index in [0.29, 0.717) is 5.69 Å². The number of fused-ring (bicyclic) bond motifs is 7. The third-order valence-electron chi connectivity index (χ3n) is 7.30. The Bertz CT molecular complexity index is 1060. The van der Waals surface area contributed by atoms with E-state index >= 15 is 0 Å². The fourth-order valence-electron chi connectivity index (χ4n) is 6.11. The summed E-state index contributed by atoms with van der Waals surface area (Å²) in [7, 11) is 0. The molecule has 0 radical (unpaired) electrons. The molecule has 2 aromatic rings. The molecule has 0 unspecified atom stereocenters. The smallest absolute Gasteiger partial charge is 0.416 e. The van der Waals surface area contributed by atoms with E-state index in [9.17, 15) is 36.2 Å². The molecule has 32 heavy (non-hydrogen) atoms. The van der Waals surface area contributed by atoms with Crippen molar-refractivity contribution in [2.75, 3.05) is 5.32 Å². The monoisotopic (exact) mass is 455 g/mol. The third-order valence-corrected chi connectivity index (χ3v) is 7.30. The number of carbonyl (C=O) groups is 1. The minimum atomic E-state index is -4.92. The van der Waals surface area contributed by atoms with E-state index in [1.807, 2.05) is 0 Å². The SMILES string of the molecule is O=C(O)c1ccc2c(c1)N[C@H](c1cc(C(F)(F)F)cc(C(F)(F)F)c1)[C@H]1[C@@H]3CC[C@@H](C3)[C@@H]21. The maximum Gasteiger partial charge on any atom is 0.416 e. The number of aromatic carboxylic acids is 1. The Balaban J connectivity index is 1.66. The van der Waals surface area contributed by atoms with Gasteiger partial charge in [-0.2, -0.15) is 26.3 Å². The molecule has 5 rings (SSSR count). The Kier molecular flexibility index (Phi) is 4.56. The van der Waals surface area contributed by atoms with Gasteiger partial charge >= 0.3 is 18.3 Å². The number of anilines is 1. The van der Waals surface area contributed by atoms with Gasteiger partial charge in [-0.3, -0.25) is 0 Å². The highest BCUT2D eigenvalue weighted by molar-refractivity contribution is 5.89. The van der Waals surface area contributed by atoms with Crippen LogP contribution in [0.2, 0.25) is 0 Å². The van der Waals surface area contributed by atoms with Crippen molar-refractivity contribution in [2.45, 2.75) is 43.6 Å². The molecule has 1 aliphatic heterocycles. The Morgan fingerprint density at radius 2 is 1.53 bits per heavy atom. The zero-order valence-corrected chi connectivity index (χ0v) is 16.6. The van der Waals surface area contributed by atoms with Gasteiger partial charge in [0.25, 0.3) is 0 Å². The van der Waals surface area contributed by atoms with Crippen molar-refractivity contribution < 1.29 is 36.2 Å². The molecule has 9 heteroatoms. The fourth-order valence-corrected chi connectivity index (χ4v) is 6.11. The van der Waals surface area contributed by atoms with Crippen molar-refractivity contribution in [1.82, 2.24) is 0 Å². The van der Waals surface area contributed by atoms with Crippen LogP contribution < -0.4 is 5.32 Å². The fraction of sp³-hybridized carbons (Fsp3) is 0.435. The maximum absolute atomic E-state index is 13.4. The molecule has 5 atom stereocenters. The topological polar surface area (TPSA) is 49.3 Å². The summed E-state index contributed by atoms with van der Waals surface area (Å²) in [6, 6.07) is 5.61. The molecule has 170 valence electrons. The van der Waals surface area contributed by atoms with E-state index in [4.69, 9.17) is 0 Å². The molecule has 0 spiro atoms. The molecule has 0 saturated heterocycles. The number of carboxylic acids is 1. The molecule has 2 aromatic carbocycles. The molecule has 0 aromatic heterocycles. The standard InChI is InChI=1S/C23H19F6NO2/c24-22(25,26)14-6-13(7-15(9-14)23(27,28)29)20-19-11-2-1-10(5-11)18(19)16-4-3-12(21(31)32)8-17(16)30-20/h3-4,6-11,18-20,30H,1-2,5H2,(H,31,32)/t10-,11+,18-,19-,20+/m0/s1. The summed E-state index contributed by atoms with van der Waals surface area (Å²) >= 11 is 0. The van der Waals surface area contributed by atoms with Gasteiger partial charge < -0.3 is 10.4 Å². The zero-order chi connectivity index (χ0) is 23.0. The van der Waals surface area contributed by atoms with Gasteiger partial charge in [-0.15, -0.1) is 0 Å². The summed E-state index contributed by atoms with van der Waals surface area (Å²) in [5.74, 6) is -0.849.